The van der Waals surface area contributed by atoms with Crippen molar-refractivity contribution in [1.29, 1.82) is 0 Å². The van der Waals surface area contributed by atoms with Gasteiger partial charge in [0, 0.05) is 24.5 Å². The standard InChI is InChI=1S/C27H23N3O4/c31-24-11-5-4-10-23(24)30-26(32)22-14-12-21(13-15-22)25(20-8-2-1-3-9-20)34-27(33)29-18-19-7-6-16-28-17-19/h1-17,25,31H,18H2,(H,29,33)(H,30,32)/t25-/m0/s1. The summed E-state index contributed by atoms with van der Waals surface area (Å²) in [4.78, 5) is 29.2. The zero-order valence-corrected chi connectivity index (χ0v) is 18.2. The Hall–Kier alpha value is -4.65. The van der Waals surface area contributed by atoms with E-state index < -0.39 is 12.2 Å². The lowest BCUT2D eigenvalue weighted by atomic mass is 10.00. The lowest BCUT2D eigenvalue weighted by Gasteiger charge is -2.19. The topological polar surface area (TPSA) is 101 Å². The predicted molar refractivity (Wildman–Crippen MR) is 128 cm³/mol. The molecule has 0 spiro atoms. The third kappa shape index (κ3) is 5.77. The molecular formula is C27H23N3O4. The van der Waals surface area contributed by atoms with Crippen molar-refractivity contribution in [3.63, 3.8) is 0 Å². The fraction of sp³-hybridized carbons (Fsp3) is 0.0741. The van der Waals surface area contributed by atoms with E-state index in [0.717, 1.165) is 11.1 Å². The Bertz CT molecular complexity index is 1250. The number of carbonyl (C=O) groups excluding carboxylic acids is 2. The van der Waals surface area contributed by atoms with Gasteiger partial charge in [-0.05, 0) is 47.0 Å². The lowest BCUT2D eigenvalue weighted by molar-refractivity contribution is 0.102. The number of para-hydroxylation sites is 2. The van der Waals surface area contributed by atoms with Crippen molar-refractivity contribution < 1.29 is 19.4 Å². The van der Waals surface area contributed by atoms with Gasteiger partial charge in [-0.25, -0.2) is 4.79 Å². The molecule has 0 unspecified atom stereocenters. The number of pyridine rings is 1. The molecule has 2 amide bonds. The second kappa shape index (κ2) is 10.8. The van der Waals surface area contributed by atoms with E-state index >= 15 is 0 Å². The number of ether oxygens (including phenoxy) is 1. The van der Waals surface area contributed by atoms with Crippen molar-refractivity contribution in [1.82, 2.24) is 10.3 Å². The molecule has 0 saturated heterocycles. The van der Waals surface area contributed by atoms with Crippen LogP contribution in [-0.4, -0.2) is 22.1 Å². The first-order chi connectivity index (χ1) is 16.6. The highest BCUT2D eigenvalue weighted by molar-refractivity contribution is 6.05. The SMILES string of the molecule is O=C(NCc1cccnc1)O[C@@H](c1ccccc1)c1ccc(C(=O)Nc2ccccc2O)cc1. The smallest absolute Gasteiger partial charge is 0.408 e. The Kier molecular flexibility index (Phi) is 7.15. The molecule has 0 aliphatic carbocycles. The van der Waals surface area contributed by atoms with E-state index in [2.05, 4.69) is 15.6 Å². The highest BCUT2D eigenvalue weighted by Gasteiger charge is 2.20. The number of rotatable bonds is 7. The zero-order valence-electron chi connectivity index (χ0n) is 18.2. The molecule has 0 aliphatic heterocycles. The molecule has 4 aromatic rings. The Labute approximate surface area is 197 Å². The fourth-order valence-corrected chi connectivity index (χ4v) is 3.37. The average molecular weight is 453 g/mol. The van der Waals surface area contributed by atoms with Gasteiger partial charge in [-0.2, -0.15) is 0 Å². The van der Waals surface area contributed by atoms with Crippen LogP contribution >= 0.6 is 0 Å². The van der Waals surface area contributed by atoms with Crippen molar-refractivity contribution in [3.8, 4) is 5.75 Å². The molecule has 7 heteroatoms. The molecule has 0 aliphatic rings. The summed E-state index contributed by atoms with van der Waals surface area (Å²) in [6.07, 6.45) is 2.11. The molecule has 170 valence electrons. The third-order valence-electron chi connectivity index (χ3n) is 5.11. The Balaban J connectivity index is 1.48. The second-order valence-electron chi connectivity index (χ2n) is 7.50. The molecule has 1 heterocycles. The summed E-state index contributed by atoms with van der Waals surface area (Å²) in [6, 6.07) is 26.3. The van der Waals surface area contributed by atoms with Crippen LogP contribution in [0.25, 0.3) is 0 Å². The summed E-state index contributed by atoms with van der Waals surface area (Å²) in [6.45, 7) is 0.291. The lowest BCUT2D eigenvalue weighted by Crippen LogP contribution is -2.26. The van der Waals surface area contributed by atoms with E-state index in [-0.39, 0.29) is 11.7 Å². The van der Waals surface area contributed by atoms with Crippen molar-refractivity contribution in [2.45, 2.75) is 12.6 Å². The Morgan fingerprint density at radius 2 is 1.56 bits per heavy atom. The van der Waals surface area contributed by atoms with Crippen LogP contribution in [0, 0.1) is 0 Å². The number of phenolic OH excluding ortho intramolecular Hbond substituents is 1. The van der Waals surface area contributed by atoms with Crippen molar-refractivity contribution in [2.24, 2.45) is 0 Å². The molecule has 3 aromatic carbocycles. The van der Waals surface area contributed by atoms with Gasteiger partial charge in [-0.3, -0.25) is 9.78 Å². The number of hydrogen-bond acceptors (Lipinski definition) is 5. The van der Waals surface area contributed by atoms with E-state index in [4.69, 9.17) is 4.74 Å². The van der Waals surface area contributed by atoms with Gasteiger partial charge in [0.1, 0.15) is 5.75 Å². The normalized spacial score (nSPS) is 11.3. The second-order valence-corrected chi connectivity index (χ2v) is 7.50. The minimum absolute atomic E-state index is 0.0118. The third-order valence-corrected chi connectivity index (χ3v) is 5.11. The predicted octanol–water partition coefficient (Wildman–Crippen LogP) is 5.06. The fourth-order valence-electron chi connectivity index (χ4n) is 3.37. The number of amides is 2. The summed E-state index contributed by atoms with van der Waals surface area (Å²) in [5.74, 6) is -0.373. The van der Waals surface area contributed by atoms with Crippen LogP contribution in [-0.2, 0) is 11.3 Å². The van der Waals surface area contributed by atoms with Crippen molar-refractivity contribution in [3.05, 3.63) is 126 Å². The van der Waals surface area contributed by atoms with Crippen LogP contribution in [0.3, 0.4) is 0 Å². The van der Waals surface area contributed by atoms with Crippen LogP contribution in [0.5, 0.6) is 5.75 Å². The first-order valence-electron chi connectivity index (χ1n) is 10.7. The van der Waals surface area contributed by atoms with Crippen molar-refractivity contribution in [2.75, 3.05) is 5.32 Å². The van der Waals surface area contributed by atoms with E-state index in [9.17, 15) is 14.7 Å². The minimum atomic E-state index is -0.662. The molecule has 1 atom stereocenters. The van der Waals surface area contributed by atoms with Crippen molar-refractivity contribution >= 4 is 17.7 Å². The monoisotopic (exact) mass is 453 g/mol. The van der Waals surface area contributed by atoms with Gasteiger partial charge in [-0.15, -0.1) is 0 Å². The minimum Gasteiger partial charge on any atom is -0.506 e. The molecule has 34 heavy (non-hydrogen) atoms. The van der Waals surface area contributed by atoms with Crippen LogP contribution in [0.4, 0.5) is 10.5 Å². The first-order valence-corrected chi connectivity index (χ1v) is 10.7. The summed E-state index contributed by atoms with van der Waals surface area (Å²) < 4.78 is 5.75. The van der Waals surface area contributed by atoms with E-state index in [1.165, 1.54) is 6.07 Å². The number of phenols is 1. The maximum atomic E-state index is 12.6. The molecule has 0 bridgehead atoms. The summed E-state index contributed by atoms with van der Waals surface area (Å²) in [5, 5.41) is 15.3. The van der Waals surface area contributed by atoms with Gasteiger partial charge < -0.3 is 20.5 Å². The van der Waals surface area contributed by atoms with E-state index in [0.29, 0.717) is 23.4 Å². The van der Waals surface area contributed by atoms with Gasteiger partial charge >= 0.3 is 6.09 Å². The molecular weight excluding hydrogens is 430 g/mol. The largest absolute Gasteiger partial charge is 0.506 e. The van der Waals surface area contributed by atoms with Crippen LogP contribution in [0.2, 0.25) is 0 Å². The quantitative estimate of drug-likeness (QED) is 0.340. The first kappa shape index (κ1) is 22.5. The Morgan fingerprint density at radius 3 is 2.26 bits per heavy atom. The number of aromatic nitrogens is 1. The Morgan fingerprint density at radius 1 is 0.853 bits per heavy atom. The molecule has 0 fully saturated rings. The maximum Gasteiger partial charge on any atom is 0.408 e. The number of hydrogen-bond donors (Lipinski definition) is 3. The molecule has 0 saturated carbocycles. The number of nitrogens with one attached hydrogen (secondary N) is 2. The molecule has 0 radical (unpaired) electrons. The summed E-state index contributed by atoms with van der Waals surface area (Å²) in [5.41, 5.74) is 3.09. The van der Waals surface area contributed by atoms with Gasteiger partial charge in [-0.1, -0.05) is 60.7 Å². The van der Waals surface area contributed by atoms with Crippen LogP contribution < -0.4 is 10.6 Å². The number of alkyl carbamates (subject to hydrolysis) is 1. The summed E-state index contributed by atoms with van der Waals surface area (Å²) in [7, 11) is 0. The average Bonchev–Trinajstić information content (AvgIpc) is 2.88. The van der Waals surface area contributed by atoms with Gasteiger partial charge in [0.2, 0.25) is 0 Å². The molecule has 3 N–H and O–H groups in total. The molecule has 4 rings (SSSR count). The molecule has 1 aromatic heterocycles. The van der Waals surface area contributed by atoms with Gasteiger partial charge in [0.15, 0.2) is 6.10 Å². The van der Waals surface area contributed by atoms with E-state index in [1.54, 1.807) is 60.9 Å². The number of aromatic hydroxyl groups is 1. The zero-order chi connectivity index (χ0) is 23.8. The van der Waals surface area contributed by atoms with Gasteiger partial charge in [0.25, 0.3) is 5.91 Å². The molecule has 7 nitrogen and oxygen atoms in total. The van der Waals surface area contributed by atoms with Crippen LogP contribution in [0.15, 0.2) is 103 Å². The number of benzene rings is 3. The number of nitrogens with zero attached hydrogens (tertiary/aromatic N) is 1. The summed E-state index contributed by atoms with van der Waals surface area (Å²) >= 11 is 0. The number of anilines is 1. The highest BCUT2D eigenvalue weighted by atomic mass is 16.6. The van der Waals surface area contributed by atoms with Gasteiger partial charge in [0.05, 0.1) is 5.69 Å². The number of carbonyl (C=O) groups is 2. The maximum absolute atomic E-state index is 12.6. The van der Waals surface area contributed by atoms with Crippen LogP contribution in [0.1, 0.15) is 33.2 Å². The van der Waals surface area contributed by atoms with E-state index in [1.807, 2.05) is 36.4 Å². The highest BCUT2D eigenvalue weighted by Crippen LogP contribution is 2.27.